The van der Waals surface area contributed by atoms with Crippen LogP contribution in [-0.4, -0.2) is 5.11 Å². The lowest BCUT2D eigenvalue weighted by Gasteiger charge is -2.10. The molecule has 14 heavy (non-hydrogen) atoms. The Hall–Kier alpha value is -0.660. The first kappa shape index (κ1) is 11.4. The van der Waals surface area contributed by atoms with Crippen LogP contribution in [0.1, 0.15) is 25.3 Å². The SMILES string of the molecule is CC(C)c1cc(SC#N)cc(Br)c1O. The highest BCUT2D eigenvalue weighted by Gasteiger charge is 2.11. The fourth-order valence-electron chi connectivity index (χ4n) is 1.15. The highest BCUT2D eigenvalue weighted by atomic mass is 79.9. The highest BCUT2D eigenvalue weighted by molar-refractivity contribution is 9.10. The van der Waals surface area contributed by atoms with Crippen LogP contribution in [0.3, 0.4) is 0 Å². The lowest BCUT2D eigenvalue weighted by Crippen LogP contribution is -1.89. The second-order valence-corrected chi connectivity index (χ2v) is 4.90. The van der Waals surface area contributed by atoms with Crippen molar-refractivity contribution in [1.29, 1.82) is 5.26 Å². The molecule has 0 unspecified atom stereocenters. The summed E-state index contributed by atoms with van der Waals surface area (Å²) in [4.78, 5) is 0.848. The van der Waals surface area contributed by atoms with Crippen molar-refractivity contribution in [3.63, 3.8) is 0 Å². The molecular weight excluding hydrogens is 262 g/mol. The predicted molar refractivity (Wildman–Crippen MR) is 61.4 cm³/mol. The van der Waals surface area contributed by atoms with Crippen molar-refractivity contribution in [3.8, 4) is 11.2 Å². The summed E-state index contributed by atoms with van der Waals surface area (Å²) in [5, 5.41) is 20.3. The lowest BCUT2D eigenvalue weighted by molar-refractivity contribution is 0.460. The van der Waals surface area contributed by atoms with Crippen molar-refractivity contribution >= 4 is 27.7 Å². The Bertz CT molecular complexity index is 384. The van der Waals surface area contributed by atoms with Crippen LogP contribution in [0.25, 0.3) is 0 Å². The highest BCUT2D eigenvalue weighted by Crippen LogP contribution is 2.36. The molecule has 4 heteroatoms. The Morgan fingerprint density at radius 2 is 2.14 bits per heavy atom. The van der Waals surface area contributed by atoms with Gasteiger partial charge in [-0.15, -0.1) is 0 Å². The standard InChI is InChI=1S/C10H10BrNOS/c1-6(2)8-3-7(14-5-12)4-9(11)10(8)13/h3-4,6,13H,1-2H3. The molecule has 0 atom stereocenters. The number of aromatic hydroxyl groups is 1. The number of thiocyanates is 1. The van der Waals surface area contributed by atoms with Gasteiger partial charge in [-0.3, -0.25) is 0 Å². The number of nitrogens with zero attached hydrogens (tertiary/aromatic N) is 1. The van der Waals surface area contributed by atoms with Gasteiger partial charge in [0.25, 0.3) is 0 Å². The zero-order valence-electron chi connectivity index (χ0n) is 7.91. The molecule has 0 heterocycles. The van der Waals surface area contributed by atoms with Gasteiger partial charge in [0.05, 0.1) is 4.47 Å². The molecule has 2 nitrogen and oxygen atoms in total. The van der Waals surface area contributed by atoms with Crippen LogP contribution < -0.4 is 0 Å². The number of rotatable bonds is 2. The number of benzene rings is 1. The van der Waals surface area contributed by atoms with Gasteiger partial charge in [0.15, 0.2) is 0 Å². The number of nitriles is 1. The van der Waals surface area contributed by atoms with E-state index in [9.17, 15) is 5.11 Å². The largest absolute Gasteiger partial charge is 0.506 e. The summed E-state index contributed by atoms with van der Waals surface area (Å²) in [5.74, 6) is 0.507. The smallest absolute Gasteiger partial charge is 0.138 e. The number of hydrogen-bond acceptors (Lipinski definition) is 3. The van der Waals surface area contributed by atoms with Gasteiger partial charge in [0.2, 0.25) is 0 Å². The molecule has 0 aliphatic heterocycles. The molecule has 0 aliphatic rings. The average Bonchev–Trinajstić information content (AvgIpc) is 2.11. The van der Waals surface area contributed by atoms with Crippen molar-refractivity contribution < 1.29 is 5.11 Å². The molecule has 1 aromatic carbocycles. The first-order valence-corrected chi connectivity index (χ1v) is 5.75. The van der Waals surface area contributed by atoms with E-state index in [1.807, 2.05) is 25.3 Å². The third kappa shape index (κ3) is 2.43. The van der Waals surface area contributed by atoms with Gasteiger partial charge < -0.3 is 5.11 Å². The molecule has 0 saturated heterocycles. The van der Waals surface area contributed by atoms with Gasteiger partial charge in [-0.25, -0.2) is 0 Å². The average molecular weight is 272 g/mol. The van der Waals surface area contributed by atoms with Crippen LogP contribution >= 0.6 is 27.7 Å². The van der Waals surface area contributed by atoms with Gasteiger partial charge in [-0.2, -0.15) is 5.26 Å². The van der Waals surface area contributed by atoms with Crippen molar-refractivity contribution in [2.24, 2.45) is 0 Å². The Morgan fingerprint density at radius 1 is 1.50 bits per heavy atom. The van der Waals surface area contributed by atoms with Crippen molar-refractivity contribution in [1.82, 2.24) is 0 Å². The molecule has 0 aromatic heterocycles. The van der Waals surface area contributed by atoms with E-state index < -0.39 is 0 Å². The van der Waals surface area contributed by atoms with Crippen molar-refractivity contribution in [3.05, 3.63) is 22.2 Å². The van der Waals surface area contributed by atoms with Crippen LogP contribution in [0, 0.1) is 10.7 Å². The van der Waals surface area contributed by atoms with Crippen LogP contribution in [0.15, 0.2) is 21.5 Å². The number of halogens is 1. The number of phenolic OH excluding ortho intramolecular Hbond substituents is 1. The van der Waals surface area contributed by atoms with Crippen molar-refractivity contribution in [2.75, 3.05) is 0 Å². The topological polar surface area (TPSA) is 44.0 Å². The lowest BCUT2D eigenvalue weighted by atomic mass is 10.0. The summed E-state index contributed by atoms with van der Waals surface area (Å²) in [6.07, 6.45) is 0. The predicted octanol–water partition coefficient (Wildman–Crippen LogP) is 3.85. The second-order valence-electron chi connectivity index (χ2n) is 3.19. The van der Waals surface area contributed by atoms with Crippen molar-refractivity contribution in [2.45, 2.75) is 24.7 Å². The van der Waals surface area contributed by atoms with E-state index in [2.05, 4.69) is 15.9 Å². The van der Waals surface area contributed by atoms with E-state index in [1.54, 1.807) is 6.07 Å². The monoisotopic (exact) mass is 271 g/mol. The zero-order chi connectivity index (χ0) is 10.7. The maximum Gasteiger partial charge on any atom is 0.138 e. The van der Waals surface area contributed by atoms with Gasteiger partial charge >= 0.3 is 0 Å². The molecule has 0 bridgehead atoms. The quantitative estimate of drug-likeness (QED) is 0.657. The summed E-state index contributed by atoms with van der Waals surface area (Å²) in [6, 6.07) is 3.59. The van der Waals surface area contributed by atoms with Gasteiger partial charge in [-0.05, 0) is 51.3 Å². The summed E-state index contributed by atoms with van der Waals surface area (Å²) in [7, 11) is 0. The molecule has 0 radical (unpaired) electrons. The summed E-state index contributed by atoms with van der Waals surface area (Å²) in [6.45, 7) is 4.00. The molecule has 1 aromatic rings. The number of hydrogen-bond donors (Lipinski definition) is 1. The third-order valence-corrected chi connectivity index (χ3v) is 3.02. The van der Waals surface area contributed by atoms with Crippen LogP contribution in [0.5, 0.6) is 5.75 Å². The molecule has 1 rings (SSSR count). The molecule has 0 aliphatic carbocycles. The molecule has 0 fully saturated rings. The van der Waals surface area contributed by atoms with E-state index in [4.69, 9.17) is 5.26 Å². The minimum absolute atomic E-state index is 0.241. The van der Waals surface area contributed by atoms with Crippen LogP contribution in [0.2, 0.25) is 0 Å². The Kier molecular flexibility index (Phi) is 3.85. The summed E-state index contributed by atoms with van der Waals surface area (Å²) < 4.78 is 0.640. The van der Waals surface area contributed by atoms with Crippen LogP contribution in [0.4, 0.5) is 0 Å². The Morgan fingerprint density at radius 3 is 2.64 bits per heavy atom. The molecule has 74 valence electrons. The Labute approximate surface area is 96.1 Å². The minimum Gasteiger partial charge on any atom is -0.506 e. The molecule has 0 spiro atoms. The van der Waals surface area contributed by atoms with E-state index in [-0.39, 0.29) is 11.7 Å². The summed E-state index contributed by atoms with van der Waals surface area (Å²) in [5.41, 5.74) is 0.858. The fourth-order valence-corrected chi connectivity index (χ4v) is 2.24. The number of phenols is 1. The molecule has 1 N–H and O–H groups in total. The van der Waals surface area contributed by atoms with Gasteiger partial charge in [-0.1, -0.05) is 13.8 Å². The zero-order valence-corrected chi connectivity index (χ0v) is 10.3. The van der Waals surface area contributed by atoms with Crippen LogP contribution in [-0.2, 0) is 0 Å². The summed E-state index contributed by atoms with van der Waals surface area (Å²) >= 11 is 4.36. The maximum absolute atomic E-state index is 9.72. The first-order chi connectivity index (χ1) is 6.56. The molecule has 0 saturated carbocycles. The molecule has 0 amide bonds. The second kappa shape index (κ2) is 4.72. The van der Waals surface area contributed by atoms with E-state index in [0.29, 0.717) is 4.47 Å². The van der Waals surface area contributed by atoms with Gasteiger partial charge in [0, 0.05) is 4.90 Å². The minimum atomic E-state index is 0.241. The third-order valence-electron chi connectivity index (χ3n) is 1.85. The van der Waals surface area contributed by atoms with E-state index in [0.717, 1.165) is 22.2 Å². The normalized spacial score (nSPS) is 10.2. The maximum atomic E-state index is 9.72. The molecular formula is C10H10BrNOS. The van der Waals surface area contributed by atoms with Gasteiger partial charge in [0.1, 0.15) is 11.2 Å². The number of thioether (sulfide) groups is 1. The Balaban J connectivity index is 3.22. The van der Waals surface area contributed by atoms with E-state index >= 15 is 0 Å². The first-order valence-electron chi connectivity index (χ1n) is 4.14. The van der Waals surface area contributed by atoms with E-state index in [1.165, 1.54) is 0 Å². The fraction of sp³-hybridized carbons (Fsp3) is 0.300.